The molecular weight excluding hydrogens is 255 g/mol. The molecule has 0 aliphatic rings. The van der Waals surface area contributed by atoms with E-state index in [1.165, 1.54) is 12.1 Å². The molecular formula is C16H27FN2O. The maximum atomic E-state index is 13.0. The summed E-state index contributed by atoms with van der Waals surface area (Å²) >= 11 is 0. The van der Waals surface area contributed by atoms with E-state index in [4.69, 9.17) is 0 Å². The molecule has 20 heavy (non-hydrogen) atoms. The van der Waals surface area contributed by atoms with Gasteiger partial charge in [-0.15, -0.1) is 0 Å². The van der Waals surface area contributed by atoms with Crippen molar-refractivity contribution in [2.75, 3.05) is 26.7 Å². The van der Waals surface area contributed by atoms with Crippen LogP contribution in [0, 0.1) is 5.82 Å². The molecule has 1 aromatic carbocycles. The van der Waals surface area contributed by atoms with Crippen LogP contribution in [-0.4, -0.2) is 42.7 Å². The Balaban J connectivity index is 2.12. The van der Waals surface area contributed by atoms with Crippen molar-refractivity contribution < 1.29 is 9.50 Å². The number of benzene rings is 1. The van der Waals surface area contributed by atoms with E-state index >= 15 is 0 Å². The van der Waals surface area contributed by atoms with Crippen molar-refractivity contribution in [1.29, 1.82) is 0 Å². The van der Waals surface area contributed by atoms with Gasteiger partial charge in [-0.2, -0.15) is 0 Å². The van der Waals surface area contributed by atoms with E-state index in [1.807, 2.05) is 0 Å². The Labute approximate surface area is 121 Å². The number of nitrogens with one attached hydrogen (secondary N) is 1. The first-order valence-corrected chi connectivity index (χ1v) is 7.35. The van der Waals surface area contributed by atoms with Gasteiger partial charge in [-0.1, -0.05) is 12.1 Å². The number of aliphatic hydroxyl groups excluding tert-OH is 1. The van der Waals surface area contributed by atoms with Crippen LogP contribution in [0.5, 0.6) is 0 Å². The van der Waals surface area contributed by atoms with Crippen molar-refractivity contribution >= 4 is 0 Å². The Hall–Kier alpha value is -0.970. The third-order valence-electron chi connectivity index (χ3n) is 3.57. The molecule has 0 heterocycles. The van der Waals surface area contributed by atoms with Crippen molar-refractivity contribution in [2.24, 2.45) is 0 Å². The summed E-state index contributed by atoms with van der Waals surface area (Å²) in [7, 11) is 2.13. The van der Waals surface area contributed by atoms with E-state index in [0.29, 0.717) is 18.2 Å². The fourth-order valence-electron chi connectivity index (χ4n) is 1.94. The van der Waals surface area contributed by atoms with Gasteiger partial charge in [0.15, 0.2) is 0 Å². The number of aliphatic hydroxyl groups is 1. The monoisotopic (exact) mass is 282 g/mol. The summed E-state index contributed by atoms with van der Waals surface area (Å²) in [5.41, 5.74) is 0.622. The van der Waals surface area contributed by atoms with Crippen LogP contribution in [0.4, 0.5) is 4.39 Å². The lowest BCUT2D eigenvalue weighted by atomic mass is 10.1. The standard InChI is InChI=1S/C16H27FN2O/c1-13(2)19(3)10-5-4-9-18-12-16(20)14-7-6-8-15(17)11-14/h6-8,11,13,16,18,20H,4-5,9-10,12H2,1-3H3. The third-order valence-corrected chi connectivity index (χ3v) is 3.57. The number of rotatable bonds is 9. The van der Waals surface area contributed by atoms with Gasteiger partial charge in [0.25, 0.3) is 0 Å². The van der Waals surface area contributed by atoms with E-state index in [-0.39, 0.29) is 5.82 Å². The van der Waals surface area contributed by atoms with Crippen LogP contribution in [-0.2, 0) is 0 Å². The lowest BCUT2D eigenvalue weighted by Crippen LogP contribution is -2.28. The first-order valence-electron chi connectivity index (χ1n) is 7.35. The van der Waals surface area contributed by atoms with Gasteiger partial charge in [-0.05, 0) is 64.5 Å². The molecule has 0 radical (unpaired) electrons. The zero-order chi connectivity index (χ0) is 15.0. The topological polar surface area (TPSA) is 35.5 Å². The molecule has 2 N–H and O–H groups in total. The fraction of sp³-hybridized carbons (Fsp3) is 0.625. The van der Waals surface area contributed by atoms with E-state index in [2.05, 4.69) is 31.1 Å². The summed E-state index contributed by atoms with van der Waals surface area (Å²) in [6.45, 7) is 6.80. The van der Waals surface area contributed by atoms with Crippen molar-refractivity contribution in [3.8, 4) is 0 Å². The highest BCUT2D eigenvalue weighted by Gasteiger charge is 2.07. The third kappa shape index (κ3) is 6.46. The summed E-state index contributed by atoms with van der Waals surface area (Å²) in [6, 6.07) is 6.71. The minimum absolute atomic E-state index is 0.307. The van der Waals surface area contributed by atoms with Crippen LogP contribution in [0.1, 0.15) is 38.4 Å². The molecule has 1 aromatic rings. The van der Waals surface area contributed by atoms with E-state index in [1.54, 1.807) is 12.1 Å². The van der Waals surface area contributed by atoms with Gasteiger partial charge in [0, 0.05) is 12.6 Å². The molecule has 0 saturated carbocycles. The summed E-state index contributed by atoms with van der Waals surface area (Å²) in [5.74, 6) is -0.307. The highest BCUT2D eigenvalue weighted by atomic mass is 19.1. The highest BCUT2D eigenvalue weighted by molar-refractivity contribution is 5.18. The van der Waals surface area contributed by atoms with E-state index < -0.39 is 6.10 Å². The number of halogens is 1. The molecule has 1 unspecified atom stereocenters. The van der Waals surface area contributed by atoms with Crippen molar-refractivity contribution in [3.63, 3.8) is 0 Å². The second-order valence-electron chi connectivity index (χ2n) is 5.56. The van der Waals surface area contributed by atoms with Gasteiger partial charge in [-0.3, -0.25) is 0 Å². The van der Waals surface area contributed by atoms with Gasteiger partial charge in [0.2, 0.25) is 0 Å². The SMILES string of the molecule is CC(C)N(C)CCCCNCC(O)c1cccc(F)c1. The Bertz CT molecular complexity index is 384. The Morgan fingerprint density at radius 1 is 1.30 bits per heavy atom. The summed E-state index contributed by atoms with van der Waals surface area (Å²) < 4.78 is 13.0. The highest BCUT2D eigenvalue weighted by Crippen LogP contribution is 2.12. The fourth-order valence-corrected chi connectivity index (χ4v) is 1.94. The molecule has 0 aliphatic carbocycles. The largest absolute Gasteiger partial charge is 0.387 e. The molecule has 4 heteroatoms. The zero-order valence-corrected chi connectivity index (χ0v) is 12.8. The van der Waals surface area contributed by atoms with Gasteiger partial charge in [0.1, 0.15) is 5.82 Å². The van der Waals surface area contributed by atoms with E-state index in [0.717, 1.165) is 25.9 Å². The first-order chi connectivity index (χ1) is 9.50. The Morgan fingerprint density at radius 3 is 2.70 bits per heavy atom. The molecule has 0 fully saturated rings. The van der Waals surface area contributed by atoms with Crippen molar-refractivity contribution in [2.45, 2.75) is 38.8 Å². The van der Waals surface area contributed by atoms with Gasteiger partial charge >= 0.3 is 0 Å². The Kier molecular flexibility index (Phi) is 7.73. The quantitative estimate of drug-likeness (QED) is 0.683. The zero-order valence-electron chi connectivity index (χ0n) is 12.8. The average molecular weight is 282 g/mol. The normalized spacial score (nSPS) is 13.2. The van der Waals surface area contributed by atoms with Crippen LogP contribution < -0.4 is 5.32 Å². The van der Waals surface area contributed by atoms with Gasteiger partial charge in [0.05, 0.1) is 6.10 Å². The number of hydrogen-bond donors (Lipinski definition) is 2. The molecule has 1 rings (SSSR count). The van der Waals surface area contributed by atoms with Gasteiger partial charge in [-0.25, -0.2) is 4.39 Å². The van der Waals surface area contributed by atoms with Crippen LogP contribution in [0.25, 0.3) is 0 Å². The molecule has 3 nitrogen and oxygen atoms in total. The lowest BCUT2D eigenvalue weighted by molar-refractivity contribution is 0.174. The summed E-state index contributed by atoms with van der Waals surface area (Å²) in [4.78, 5) is 2.32. The number of hydrogen-bond acceptors (Lipinski definition) is 3. The summed E-state index contributed by atoms with van der Waals surface area (Å²) in [6.07, 6.45) is 1.56. The van der Waals surface area contributed by atoms with Crippen molar-refractivity contribution in [1.82, 2.24) is 10.2 Å². The lowest BCUT2D eigenvalue weighted by Gasteiger charge is -2.20. The predicted molar refractivity (Wildman–Crippen MR) is 81.2 cm³/mol. The second-order valence-corrected chi connectivity index (χ2v) is 5.56. The second kappa shape index (κ2) is 9.06. The minimum atomic E-state index is -0.649. The molecule has 0 saturated heterocycles. The molecule has 0 amide bonds. The van der Waals surface area contributed by atoms with E-state index in [9.17, 15) is 9.50 Å². The number of unbranched alkanes of at least 4 members (excludes halogenated alkanes) is 1. The van der Waals surface area contributed by atoms with Crippen LogP contribution in [0.15, 0.2) is 24.3 Å². The smallest absolute Gasteiger partial charge is 0.123 e. The Morgan fingerprint density at radius 2 is 2.05 bits per heavy atom. The average Bonchev–Trinajstić information content (AvgIpc) is 2.41. The van der Waals surface area contributed by atoms with Crippen molar-refractivity contribution in [3.05, 3.63) is 35.6 Å². The maximum Gasteiger partial charge on any atom is 0.123 e. The molecule has 0 aromatic heterocycles. The van der Waals surface area contributed by atoms with Crippen LogP contribution in [0.2, 0.25) is 0 Å². The maximum absolute atomic E-state index is 13.0. The first kappa shape index (κ1) is 17.1. The summed E-state index contributed by atoms with van der Waals surface area (Å²) in [5, 5.41) is 13.1. The van der Waals surface area contributed by atoms with Gasteiger partial charge < -0.3 is 15.3 Å². The molecule has 114 valence electrons. The predicted octanol–water partition coefficient (Wildman–Crippen LogP) is 2.57. The molecule has 0 bridgehead atoms. The minimum Gasteiger partial charge on any atom is -0.387 e. The van der Waals surface area contributed by atoms with Crippen LogP contribution >= 0.6 is 0 Å². The molecule has 1 atom stereocenters. The van der Waals surface area contributed by atoms with Crippen LogP contribution in [0.3, 0.4) is 0 Å². The molecule has 0 aliphatic heterocycles. The number of nitrogens with zero attached hydrogens (tertiary/aromatic N) is 1. The molecule has 0 spiro atoms.